The van der Waals surface area contributed by atoms with Crippen LogP contribution >= 0.6 is 0 Å². The van der Waals surface area contributed by atoms with E-state index in [0.29, 0.717) is 31.9 Å². The quantitative estimate of drug-likeness (QED) is 0.854. The number of nitrogens with zero attached hydrogens (tertiary/aromatic N) is 2. The Balaban J connectivity index is 1.54. The van der Waals surface area contributed by atoms with Gasteiger partial charge in [0.2, 0.25) is 0 Å². The summed E-state index contributed by atoms with van der Waals surface area (Å²) in [5.74, 6) is 0.0128. The number of carbonyl (C=O) groups excluding carboxylic acids is 2. The van der Waals surface area contributed by atoms with E-state index < -0.39 is 5.97 Å². The lowest BCUT2D eigenvalue weighted by Gasteiger charge is -2.26. The van der Waals surface area contributed by atoms with E-state index >= 15 is 0 Å². The molecule has 1 N–H and O–H groups in total. The molecule has 7 nitrogen and oxygen atoms in total. The molecule has 0 unspecified atom stereocenters. The van der Waals surface area contributed by atoms with E-state index in [9.17, 15) is 9.59 Å². The number of carbonyl (C=O) groups is 2. The van der Waals surface area contributed by atoms with E-state index in [2.05, 4.69) is 9.97 Å². The van der Waals surface area contributed by atoms with Crippen molar-refractivity contribution >= 4 is 11.9 Å². The molecule has 2 heterocycles. The largest absolute Gasteiger partial charge is 0.452 e. The van der Waals surface area contributed by atoms with Gasteiger partial charge < -0.3 is 19.4 Å². The average molecular weight is 315 g/mol. The van der Waals surface area contributed by atoms with Crippen molar-refractivity contribution in [2.45, 2.75) is 0 Å². The number of aromatic nitrogens is 2. The molecule has 0 radical (unpaired) electrons. The smallest absolute Gasteiger partial charge is 0.338 e. The van der Waals surface area contributed by atoms with E-state index in [0.717, 1.165) is 11.4 Å². The number of amides is 1. The van der Waals surface area contributed by atoms with Crippen LogP contribution in [0, 0.1) is 0 Å². The molecule has 0 spiro atoms. The van der Waals surface area contributed by atoms with E-state index in [4.69, 9.17) is 9.47 Å². The first kappa shape index (κ1) is 15.2. The van der Waals surface area contributed by atoms with Crippen LogP contribution in [0.25, 0.3) is 11.4 Å². The molecule has 1 aromatic heterocycles. The summed E-state index contributed by atoms with van der Waals surface area (Å²) in [5.41, 5.74) is 1.27. The van der Waals surface area contributed by atoms with Crippen LogP contribution in [0.2, 0.25) is 0 Å². The van der Waals surface area contributed by atoms with Gasteiger partial charge in [-0.05, 0) is 12.1 Å². The Morgan fingerprint density at radius 1 is 1.22 bits per heavy atom. The maximum atomic E-state index is 12.0. The van der Waals surface area contributed by atoms with Crippen molar-refractivity contribution in [1.82, 2.24) is 14.9 Å². The van der Waals surface area contributed by atoms with Crippen molar-refractivity contribution in [3.63, 3.8) is 0 Å². The summed E-state index contributed by atoms with van der Waals surface area (Å²) < 4.78 is 10.3. The fourth-order valence-corrected chi connectivity index (χ4v) is 2.30. The Kier molecular flexibility index (Phi) is 4.68. The Bertz CT molecular complexity index is 661. The van der Waals surface area contributed by atoms with E-state index in [-0.39, 0.29) is 12.5 Å². The second kappa shape index (κ2) is 7.06. The molecule has 3 rings (SSSR count). The Hall–Kier alpha value is -2.67. The number of aromatic amines is 1. The van der Waals surface area contributed by atoms with Gasteiger partial charge in [-0.15, -0.1) is 0 Å². The monoisotopic (exact) mass is 315 g/mol. The zero-order chi connectivity index (χ0) is 16.1. The summed E-state index contributed by atoms with van der Waals surface area (Å²) >= 11 is 0. The highest BCUT2D eigenvalue weighted by Crippen LogP contribution is 2.15. The molecule has 0 bridgehead atoms. The van der Waals surface area contributed by atoms with E-state index in [1.165, 1.54) is 0 Å². The zero-order valence-electron chi connectivity index (χ0n) is 12.5. The average Bonchev–Trinajstić information content (AvgIpc) is 3.15. The summed E-state index contributed by atoms with van der Waals surface area (Å²) in [5, 5.41) is 0. The van der Waals surface area contributed by atoms with Gasteiger partial charge >= 0.3 is 5.97 Å². The predicted octanol–water partition coefficient (Wildman–Crippen LogP) is 1.09. The molecular formula is C16H17N3O4. The van der Waals surface area contributed by atoms with Crippen molar-refractivity contribution < 1.29 is 19.1 Å². The third kappa shape index (κ3) is 3.75. The van der Waals surface area contributed by atoms with Gasteiger partial charge in [-0.3, -0.25) is 4.79 Å². The lowest BCUT2D eigenvalue weighted by molar-refractivity contribution is -0.138. The number of imidazole rings is 1. The van der Waals surface area contributed by atoms with Crippen LogP contribution in [0.3, 0.4) is 0 Å². The topological polar surface area (TPSA) is 84.5 Å². The Labute approximate surface area is 133 Å². The highest BCUT2D eigenvalue weighted by molar-refractivity contribution is 5.91. The van der Waals surface area contributed by atoms with Gasteiger partial charge in [0.15, 0.2) is 6.61 Å². The minimum Gasteiger partial charge on any atom is -0.452 e. The third-order valence-corrected chi connectivity index (χ3v) is 3.58. The molecule has 1 fully saturated rings. The Morgan fingerprint density at radius 3 is 2.61 bits per heavy atom. The maximum absolute atomic E-state index is 12.0. The molecule has 23 heavy (non-hydrogen) atoms. The third-order valence-electron chi connectivity index (χ3n) is 3.58. The lowest BCUT2D eigenvalue weighted by atomic mass is 10.1. The van der Waals surface area contributed by atoms with Crippen molar-refractivity contribution in [1.29, 1.82) is 0 Å². The minimum absolute atomic E-state index is 0.200. The normalized spacial score (nSPS) is 14.5. The molecule has 1 amide bonds. The maximum Gasteiger partial charge on any atom is 0.338 e. The van der Waals surface area contributed by atoms with Gasteiger partial charge in [0.25, 0.3) is 5.91 Å². The van der Waals surface area contributed by atoms with Crippen LogP contribution in [0.4, 0.5) is 0 Å². The highest BCUT2D eigenvalue weighted by atomic mass is 16.5. The molecule has 1 aliphatic rings. The standard InChI is InChI=1S/C16H17N3O4/c20-14(19-7-9-22-10-8-19)11-23-16(21)13-3-1-12(2-4-13)15-17-5-6-18-15/h1-6H,7-11H2,(H,17,18). The fraction of sp³-hybridized carbons (Fsp3) is 0.312. The summed E-state index contributed by atoms with van der Waals surface area (Å²) in [6.07, 6.45) is 3.39. The van der Waals surface area contributed by atoms with Crippen LogP contribution in [0.5, 0.6) is 0 Å². The van der Waals surface area contributed by atoms with Gasteiger partial charge in [-0.25, -0.2) is 9.78 Å². The summed E-state index contributed by atoms with van der Waals surface area (Å²) in [4.78, 5) is 32.7. The van der Waals surface area contributed by atoms with E-state index in [1.807, 2.05) is 0 Å². The number of rotatable bonds is 4. The molecular weight excluding hydrogens is 298 g/mol. The number of hydrogen-bond acceptors (Lipinski definition) is 5. The number of ether oxygens (including phenoxy) is 2. The SMILES string of the molecule is O=C(OCC(=O)N1CCOCC1)c1ccc(-c2ncc[nH]2)cc1. The number of nitrogens with one attached hydrogen (secondary N) is 1. The molecule has 0 atom stereocenters. The number of esters is 1. The first-order chi connectivity index (χ1) is 11.2. The van der Waals surface area contributed by atoms with Gasteiger partial charge in [-0.2, -0.15) is 0 Å². The molecule has 1 aromatic carbocycles. The molecule has 0 aliphatic carbocycles. The first-order valence-electron chi connectivity index (χ1n) is 7.36. The number of H-pyrrole nitrogens is 1. The number of hydrogen-bond donors (Lipinski definition) is 1. The predicted molar refractivity (Wildman–Crippen MR) is 81.7 cm³/mol. The van der Waals surface area contributed by atoms with E-state index in [1.54, 1.807) is 41.6 Å². The first-order valence-corrected chi connectivity index (χ1v) is 7.36. The molecule has 7 heteroatoms. The summed E-state index contributed by atoms with van der Waals surface area (Å²) in [6.45, 7) is 1.86. The highest BCUT2D eigenvalue weighted by Gasteiger charge is 2.18. The van der Waals surface area contributed by atoms with Crippen molar-refractivity contribution in [2.75, 3.05) is 32.9 Å². The second-order valence-electron chi connectivity index (χ2n) is 5.08. The lowest BCUT2D eigenvalue weighted by Crippen LogP contribution is -2.42. The fourth-order valence-electron chi connectivity index (χ4n) is 2.30. The molecule has 120 valence electrons. The van der Waals surface area contributed by atoms with Gasteiger partial charge in [0, 0.05) is 31.0 Å². The molecule has 2 aromatic rings. The van der Waals surface area contributed by atoms with Crippen molar-refractivity contribution in [3.8, 4) is 11.4 Å². The molecule has 0 saturated carbocycles. The summed E-state index contributed by atoms with van der Waals surface area (Å²) in [7, 11) is 0. The second-order valence-corrected chi connectivity index (χ2v) is 5.08. The zero-order valence-corrected chi connectivity index (χ0v) is 12.5. The number of morpholine rings is 1. The molecule has 1 aliphatic heterocycles. The molecule has 1 saturated heterocycles. The minimum atomic E-state index is -0.516. The van der Waals surface area contributed by atoms with Crippen molar-refractivity contribution in [2.24, 2.45) is 0 Å². The van der Waals surface area contributed by atoms with Gasteiger partial charge in [-0.1, -0.05) is 12.1 Å². The van der Waals surface area contributed by atoms with Gasteiger partial charge in [0.05, 0.1) is 18.8 Å². The van der Waals surface area contributed by atoms with Crippen molar-refractivity contribution in [3.05, 3.63) is 42.2 Å². The van der Waals surface area contributed by atoms with Crippen LogP contribution in [-0.2, 0) is 14.3 Å². The van der Waals surface area contributed by atoms with Crippen LogP contribution in [-0.4, -0.2) is 59.7 Å². The van der Waals surface area contributed by atoms with Crippen LogP contribution < -0.4 is 0 Å². The number of benzene rings is 1. The van der Waals surface area contributed by atoms with Crippen LogP contribution in [0.1, 0.15) is 10.4 Å². The van der Waals surface area contributed by atoms with Crippen LogP contribution in [0.15, 0.2) is 36.7 Å². The van der Waals surface area contributed by atoms with Gasteiger partial charge in [0.1, 0.15) is 5.82 Å². The Morgan fingerprint density at radius 2 is 1.96 bits per heavy atom. The summed E-state index contributed by atoms with van der Waals surface area (Å²) in [6, 6.07) is 6.86.